The van der Waals surface area contributed by atoms with E-state index in [0.29, 0.717) is 0 Å². The van der Waals surface area contributed by atoms with Gasteiger partial charge in [-0.25, -0.2) is 5.10 Å². The molecule has 0 aliphatic rings. The van der Waals surface area contributed by atoms with Crippen LogP contribution < -0.4 is 16.6 Å². The number of hydrogen-bond donors (Lipinski definition) is 4. The molecular formula is C4H7BN6O. The summed E-state index contributed by atoms with van der Waals surface area (Å²) in [6.07, 6.45) is 0. The molecule has 1 aromatic rings. The first-order valence-electron chi connectivity index (χ1n) is 3.14. The van der Waals surface area contributed by atoms with E-state index in [4.69, 9.17) is 11.1 Å². The summed E-state index contributed by atoms with van der Waals surface area (Å²) in [4.78, 5) is 14.3. The lowest BCUT2D eigenvalue weighted by molar-refractivity contribution is 0.0995. The molecule has 0 radical (unpaired) electrons. The second-order valence-electron chi connectivity index (χ2n) is 2.00. The van der Waals surface area contributed by atoms with Crippen molar-refractivity contribution < 1.29 is 4.79 Å². The summed E-state index contributed by atoms with van der Waals surface area (Å²) in [5, 5.41) is 15.4. The Balaban J connectivity index is 3.29. The molecule has 7 nitrogen and oxygen atoms in total. The third kappa shape index (κ3) is 1.41. The van der Waals surface area contributed by atoms with Gasteiger partial charge < -0.3 is 11.0 Å². The molecule has 1 heterocycles. The number of aromatic nitrogens is 3. The average Bonchev–Trinajstić information content (AvgIpc) is 2.03. The zero-order chi connectivity index (χ0) is 9.14. The van der Waals surface area contributed by atoms with Crippen molar-refractivity contribution in [1.82, 2.24) is 15.2 Å². The fourth-order valence-electron chi connectivity index (χ4n) is 0.698. The molecule has 1 aromatic heterocycles. The number of hydrogen-bond acceptors (Lipinski definition) is 5. The highest BCUT2D eigenvalue weighted by Gasteiger charge is 2.09. The second kappa shape index (κ2) is 3.03. The van der Waals surface area contributed by atoms with Crippen LogP contribution in [0.25, 0.3) is 0 Å². The van der Waals surface area contributed by atoms with Crippen molar-refractivity contribution in [3.05, 3.63) is 11.3 Å². The van der Waals surface area contributed by atoms with Gasteiger partial charge in [0.25, 0.3) is 5.91 Å². The van der Waals surface area contributed by atoms with Gasteiger partial charge in [-0.05, 0) is 0 Å². The number of aromatic amines is 1. The molecule has 0 spiro atoms. The molecule has 0 fully saturated rings. The van der Waals surface area contributed by atoms with E-state index >= 15 is 0 Å². The highest BCUT2D eigenvalue weighted by atomic mass is 16.1. The maximum atomic E-state index is 10.7. The molecule has 0 aliphatic carbocycles. The van der Waals surface area contributed by atoms with E-state index in [-0.39, 0.29) is 17.1 Å². The largest absolute Gasteiger partial charge is 0.418 e. The number of carbonyl (C=O) groups is 1. The first kappa shape index (κ1) is 8.24. The van der Waals surface area contributed by atoms with Crippen molar-refractivity contribution in [1.29, 1.82) is 5.41 Å². The first-order chi connectivity index (χ1) is 5.65. The fourth-order valence-corrected chi connectivity index (χ4v) is 0.698. The number of H-pyrrole nitrogens is 1. The molecule has 0 unspecified atom stereocenters. The number of nitrogens with one attached hydrogen (secondary N) is 3. The molecule has 1 amide bonds. The third-order valence-corrected chi connectivity index (χ3v) is 1.19. The molecule has 0 aliphatic heterocycles. The van der Waals surface area contributed by atoms with Crippen molar-refractivity contribution in [2.45, 2.75) is 0 Å². The molecule has 0 bridgehead atoms. The van der Waals surface area contributed by atoms with Crippen LogP contribution in [0.5, 0.6) is 0 Å². The second-order valence-corrected chi connectivity index (χ2v) is 2.00. The van der Waals surface area contributed by atoms with Crippen LogP contribution in [0.4, 0.5) is 5.82 Å². The average molecular weight is 166 g/mol. The molecule has 8 heteroatoms. The molecule has 0 saturated heterocycles. The van der Waals surface area contributed by atoms with Crippen molar-refractivity contribution >= 4 is 19.7 Å². The maximum Gasteiger partial charge on any atom is 0.272 e. The molecule has 5 N–H and O–H groups in total. The molecule has 62 valence electrons. The van der Waals surface area contributed by atoms with Crippen LogP contribution in [0.1, 0.15) is 10.5 Å². The van der Waals surface area contributed by atoms with Crippen LogP contribution in [0, 0.1) is 5.41 Å². The van der Waals surface area contributed by atoms with E-state index < -0.39 is 5.91 Å². The van der Waals surface area contributed by atoms with E-state index in [9.17, 15) is 4.79 Å². The Morgan fingerprint density at radius 3 is 2.92 bits per heavy atom. The molecule has 0 aromatic carbocycles. The number of nitrogens with two attached hydrogens (primary N) is 1. The Hall–Kier alpha value is -1.86. The first-order valence-corrected chi connectivity index (χ1v) is 3.14. The molecule has 0 atom stereocenters. The number of anilines is 1. The van der Waals surface area contributed by atoms with Crippen molar-refractivity contribution in [2.75, 3.05) is 5.23 Å². The highest BCUT2D eigenvalue weighted by molar-refractivity contribution is 6.17. The van der Waals surface area contributed by atoms with Crippen LogP contribution in [0.3, 0.4) is 0 Å². The summed E-state index contributed by atoms with van der Waals surface area (Å²) < 4.78 is 0. The van der Waals surface area contributed by atoms with Crippen molar-refractivity contribution in [3.8, 4) is 0 Å². The Bertz CT molecular complexity index is 359. The molecule has 0 saturated carbocycles. The highest BCUT2D eigenvalue weighted by Crippen LogP contribution is 2.01. The fraction of sp³-hybridized carbons (Fsp3) is 0. The molecule has 1 rings (SSSR count). The van der Waals surface area contributed by atoms with Gasteiger partial charge in [-0.15, -0.1) is 0 Å². The zero-order valence-corrected chi connectivity index (χ0v) is 6.38. The lowest BCUT2D eigenvalue weighted by Gasteiger charge is -2.01. The van der Waals surface area contributed by atoms with Crippen LogP contribution in [0.15, 0.2) is 0 Å². The lowest BCUT2D eigenvalue weighted by atomic mass is 10.3. The van der Waals surface area contributed by atoms with Gasteiger partial charge in [0.05, 0.1) is 0 Å². The summed E-state index contributed by atoms with van der Waals surface area (Å²) >= 11 is 0. The Labute approximate surface area is 68.3 Å². The quantitative estimate of drug-likeness (QED) is 0.358. The number of nitrogens with zero attached hydrogens (tertiary/aromatic N) is 2. The van der Waals surface area contributed by atoms with Crippen molar-refractivity contribution in [2.24, 2.45) is 5.73 Å². The number of amides is 1. The van der Waals surface area contributed by atoms with E-state index in [1.807, 2.05) is 0 Å². The monoisotopic (exact) mass is 166 g/mol. The van der Waals surface area contributed by atoms with E-state index in [1.165, 1.54) is 0 Å². The summed E-state index contributed by atoms with van der Waals surface area (Å²) in [7, 11) is 1.57. The summed E-state index contributed by atoms with van der Waals surface area (Å²) in [6.45, 7) is 0. The topological polar surface area (TPSA) is 121 Å². The maximum absolute atomic E-state index is 10.7. The minimum atomic E-state index is -0.692. The van der Waals surface area contributed by atoms with Crippen LogP contribution in [0.2, 0.25) is 0 Å². The Morgan fingerprint density at radius 1 is 1.75 bits per heavy atom. The predicted octanol–water partition coefficient (Wildman–Crippen LogP) is -2.66. The summed E-state index contributed by atoms with van der Waals surface area (Å²) in [5.74, 6) is -0.491. The van der Waals surface area contributed by atoms with E-state index in [0.717, 1.165) is 0 Å². The van der Waals surface area contributed by atoms with Gasteiger partial charge in [0.1, 0.15) is 0 Å². The molecule has 12 heavy (non-hydrogen) atoms. The van der Waals surface area contributed by atoms with Gasteiger partial charge >= 0.3 is 0 Å². The van der Waals surface area contributed by atoms with E-state index in [2.05, 4.69) is 20.4 Å². The predicted molar refractivity (Wildman–Crippen MR) is 42.9 cm³/mol. The Kier molecular flexibility index (Phi) is 2.08. The summed E-state index contributed by atoms with van der Waals surface area (Å²) in [5.41, 5.74) is 4.84. The number of rotatable bonds is 2. The zero-order valence-electron chi connectivity index (χ0n) is 6.38. The van der Waals surface area contributed by atoms with Gasteiger partial charge in [-0.1, -0.05) is 0 Å². The normalized spacial score (nSPS) is 9.33. The lowest BCUT2D eigenvalue weighted by Crippen LogP contribution is -2.23. The standard InChI is InChI=1S/C4H7BN6O/c5-9-3-1(2(6)12)10-11-4(7)8-3/h5H2,(H2,6,12)(H3,7,8,9,11). The van der Waals surface area contributed by atoms with Crippen LogP contribution in [-0.2, 0) is 0 Å². The van der Waals surface area contributed by atoms with Gasteiger partial charge in [0.2, 0.25) is 13.6 Å². The van der Waals surface area contributed by atoms with Crippen molar-refractivity contribution in [3.63, 3.8) is 0 Å². The van der Waals surface area contributed by atoms with Crippen LogP contribution in [-0.4, -0.2) is 29.1 Å². The SMILES string of the molecule is BNc1nc(=N)[nH]nc1C(N)=O. The van der Waals surface area contributed by atoms with Gasteiger partial charge in [0.15, 0.2) is 11.5 Å². The minimum absolute atomic E-state index is 0.00602. The van der Waals surface area contributed by atoms with Gasteiger partial charge in [-0.2, -0.15) is 10.1 Å². The Morgan fingerprint density at radius 2 is 2.42 bits per heavy atom. The summed E-state index contributed by atoms with van der Waals surface area (Å²) in [6, 6.07) is 0. The van der Waals surface area contributed by atoms with Crippen LogP contribution >= 0.6 is 0 Å². The van der Waals surface area contributed by atoms with E-state index in [1.54, 1.807) is 7.98 Å². The smallest absolute Gasteiger partial charge is 0.272 e. The van der Waals surface area contributed by atoms with Gasteiger partial charge in [0, 0.05) is 0 Å². The number of carbonyl (C=O) groups excluding carboxylic acids is 1. The minimum Gasteiger partial charge on any atom is -0.418 e. The number of primary amides is 1. The van der Waals surface area contributed by atoms with Gasteiger partial charge in [-0.3, -0.25) is 10.2 Å². The third-order valence-electron chi connectivity index (χ3n) is 1.19. The molecular weight excluding hydrogens is 159 g/mol.